The number of nitrogens with two attached hydrogens (primary N) is 4. The molecular weight excluding hydrogens is 823 g/mol. The summed E-state index contributed by atoms with van der Waals surface area (Å²) in [5.41, 5.74) is 21.3. The highest BCUT2D eigenvalue weighted by Gasteiger charge is 2.34. The first kappa shape index (κ1) is 57.5. The summed E-state index contributed by atoms with van der Waals surface area (Å²) >= 11 is 0. The lowest BCUT2D eigenvalue weighted by molar-refractivity contribution is -0.141. The maximum absolute atomic E-state index is 13.7. The van der Waals surface area contributed by atoms with E-state index in [1.165, 1.54) is 58.4 Å². The molecule has 0 saturated heterocycles. The number of carbonyl (C=O) groups is 9. The van der Waals surface area contributed by atoms with Gasteiger partial charge in [-0.2, -0.15) is 0 Å². The van der Waals surface area contributed by atoms with Crippen LogP contribution < -0.4 is 54.8 Å². The smallest absolute Gasteiger partial charge is 0.305 e. The highest BCUT2D eigenvalue weighted by atomic mass is 16.4. The number of unbranched alkanes of at least 4 members (excludes halogenated alkanes) is 12. The Labute approximate surface area is 370 Å². The lowest BCUT2D eigenvalue weighted by Crippen LogP contribution is -2.61. The summed E-state index contributed by atoms with van der Waals surface area (Å²) < 4.78 is 0. The zero-order valence-corrected chi connectivity index (χ0v) is 37.3. The molecular formula is C41H75N11O11. The van der Waals surface area contributed by atoms with Crippen LogP contribution in [-0.2, 0) is 43.2 Å². The molecule has 0 aromatic rings. The molecule has 0 aliphatic carbocycles. The van der Waals surface area contributed by atoms with Crippen LogP contribution in [-0.4, -0.2) is 119 Å². The van der Waals surface area contributed by atoms with Gasteiger partial charge in [0, 0.05) is 32.9 Å². The lowest BCUT2D eigenvalue weighted by atomic mass is 10.0. The minimum atomic E-state index is -1.77. The Bertz CT molecular complexity index is 1490. The first-order chi connectivity index (χ1) is 29.8. The summed E-state index contributed by atoms with van der Waals surface area (Å²) in [6.07, 6.45) is 10.7. The summed E-state index contributed by atoms with van der Waals surface area (Å²) in [6.45, 7) is 3.35. The van der Waals surface area contributed by atoms with Crippen molar-refractivity contribution in [3.63, 3.8) is 0 Å². The Kier molecular flexibility index (Phi) is 31.0. The van der Waals surface area contributed by atoms with Crippen LogP contribution in [0.1, 0.15) is 149 Å². The van der Waals surface area contributed by atoms with Gasteiger partial charge in [0.25, 0.3) is 0 Å². The molecule has 0 saturated carbocycles. The first-order valence-electron chi connectivity index (χ1n) is 22.1. The van der Waals surface area contributed by atoms with Crippen molar-refractivity contribution >= 4 is 59.2 Å². The van der Waals surface area contributed by atoms with Gasteiger partial charge in [-0.05, 0) is 39.0 Å². The predicted molar refractivity (Wildman–Crippen MR) is 235 cm³/mol. The third-order valence-corrected chi connectivity index (χ3v) is 10.0. The molecule has 0 radical (unpaired) electrons. The van der Waals surface area contributed by atoms with E-state index in [1.807, 2.05) is 0 Å². The van der Waals surface area contributed by atoms with Crippen molar-refractivity contribution in [2.75, 3.05) is 13.6 Å². The van der Waals surface area contributed by atoms with Gasteiger partial charge >= 0.3 is 5.97 Å². The summed E-state index contributed by atoms with van der Waals surface area (Å²) in [5.74, 6) is -8.61. The molecule has 8 amide bonds. The number of aliphatic hydroxyl groups is 1. The van der Waals surface area contributed by atoms with Gasteiger partial charge in [0.2, 0.25) is 47.3 Å². The van der Waals surface area contributed by atoms with E-state index in [2.05, 4.69) is 43.8 Å². The molecule has 0 bridgehead atoms. The number of rotatable bonds is 37. The second-order valence-corrected chi connectivity index (χ2v) is 15.7. The molecule has 0 aromatic heterocycles. The van der Waals surface area contributed by atoms with E-state index in [0.717, 1.165) is 32.6 Å². The molecule has 0 aliphatic heterocycles. The number of likely N-dealkylation sites (N-methyl/N-ethyl adjacent to an activating group) is 1. The zero-order valence-electron chi connectivity index (χ0n) is 37.3. The Morgan fingerprint density at radius 2 is 0.952 bits per heavy atom. The number of aliphatic imine (C=N–C) groups is 1. The van der Waals surface area contributed by atoms with Gasteiger partial charge in [0.1, 0.15) is 30.2 Å². The van der Waals surface area contributed by atoms with Crippen LogP contribution in [0, 0.1) is 0 Å². The third kappa shape index (κ3) is 28.6. The quantitative estimate of drug-likeness (QED) is 0.0204. The number of primary amides is 2. The van der Waals surface area contributed by atoms with Crippen molar-refractivity contribution in [1.82, 2.24) is 31.9 Å². The molecule has 0 aromatic carbocycles. The number of carboxylic acid groups (broad SMARTS) is 1. The van der Waals surface area contributed by atoms with Crippen LogP contribution in [0.15, 0.2) is 4.99 Å². The topological polar surface area (TPSA) is 383 Å². The average Bonchev–Trinajstić information content (AvgIpc) is 3.21. The molecule has 22 heteroatoms. The monoisotopic (exact) mass is 898 g/mol. The van der Waals surface area contributed by atoms with Crippen LogP contribution in [0.2, 0.25) is 0 Å². The van der Waals surface area contributed by atoms with Crippen LogP contribution in [0.25, 0.3) is 0 Å². The number of carboxylic acids is 1. The molecule has 0 heterocycles. The van der Waals surface area contributed by atoms with Crippen molar-refractivity contribution in [2.24, 2.45) is 27.9 Å². The molecule has 16 N–H and O–H groups in total. The second kappa shape index (κ2) is 34.0. The fourth-order valence-corrected chi connectivity index (χ4v) is 6.48. The molecule has 6 atom stereocenters. The number of aliphatic carboxylic acids is 1. The Balaban J connectivity index is 5.82. The highest BCUT2D eigenvalue weighted by Crippen LogP contribution is 2.13. The minimum Gasteiger partial charge on any atom is -0.481 e. The van der Waals surface area contributed by atoms with E-state index in [4.69, 9.17) is 22.9 Å². The van der Waals surface area contributed by atoms with E-state index < -0.39 is 102 Å². The van der Waals surface area contributed by atoms with E-state index in [-0.39, 0.29) is 51.0 Å². The number of carbonyl (C=O) groups excluding carboxylic acids is 8. The molecule has 0 spiro atoms. The van der Waals surface area contributed by atoms with E-state index in [1.54, 1.807) is 0 Å². The lowest BCUT2D eigenvalue weighted by Gasteiger charge is -2.28. The molecule has 360 valence electrons. The standard InChI is InChI=1S/C41H75N11O11/c1-4-5-6-7-8-9-10-11-12-13-14-15-16-19-33(56)48-30(25-34(57)58)39(62)52-35(26(2)53)40(63)51-27(18-17-24-47-41(44)45)37(60)50-29(21-23-32(43)55)38(61)49-28(36(59)46-3)20-22-31(42)54/h26-30,35,53H,4-25H2,1-3H3,(H2,42,54)(H2,43,55)(H,46,59)(H,48,56)(H,49,61)(H,50,60)(H,51,63)(H,52,62)(H,57,58)(H4,44,45,47)/t26-,27+,28?,29+,30+,35?/m1/s1. The van der Waals surface area contributed by atoms with E-state index in [9.17, 15) is 53.4 Å². The second-order valence-electron chi connectivity index (χ2n) is 15.7. The van der Waals surface area contributed by atoms with Crippen molar-refractivity contribution < 1.29 is 53.4 Å². The highest BCUT2D eigenvalue weighted by molar-refractivity contribution is 5.97. The van der Waals surface area contributed by atoms with Gasteiger partial charge in [0.05, 0.1) is 12.5 Å². The maximum atomic E-state index is 13.7. The first-order valence-corrected chi connectivity index (χ1v) is 22.1. The SMILES string of the molecule is CCCCCCCCCCCCCCCC(=O)N[C@@H](CC(=O)O)C(=O)NC(C(=O)N[C@@H](CCCN=C(N)N)C(=O)N[C@@H](CCC(N)=O)C(=O)NC(CCC(N)=O)C(=O)NC)[C@@H](C)O. The predicted octanol–water partition coefficient (Wildman–Crippen LogP) is -0.922. The van der Waals surface area contributed by atoms with Gasteiger partial charge in [0.15, 0.2) is 5.96 Å². The number of nitrogens with zero attached hydrogens (tertiary/aromatic N) is 1. The van der Waals surface area contributed by atoms with Crippen LogP contribution in [0.4, 0.5) is 0 Å². The number of nitrogens with one attached hydrogen (secondary N) is 6. The Morgan fingerprint density at radius 3 is 1.38 bits per heavy atom. The number of hydrogen-bond acceptors (Lipinski definition) is 11. The summed E-state index contributed by atoms with van der Waals surface area (Å²) in [7, 11) is 1.29. The Hall–Kier alpha value is -5.54. The summed E-state index contributed by atoms with van der Waals surface area (Å²) in [5, 5.41) is 34.3. The number of aliphatic hydroxyl groups excluding tert-OH is 1. The summed E-state index contributed by atoms with van der Waals surface area (Å²) in [6, 6.07) is -7.64. The number of hydrogen-bond donors (Lipinski definition) is 12. The van der Waals surface area contributed by atoms with Gasteiger partial charge in [-0.15, -0.1) is 0 Å². The molecule has 2 unspecified atom stereocenters. The van der Waals surface area contributed by atoms with E-state index in [0.29, 0.717) is 6.42 Å². The zero-order chi connectivity index (χ0) is 47.7. The van der Waals surface area contributed by atoms with Crippen LogP contribution >= 0.6 is 0 Å². The van der Waals surface area contributed by atoms with Gasteiger partial charge in [-0.25, -0.2) is 0 Å². The van der Waals surface area contributed by atoms with Crippen LogP contribution in [0.5, 0.6) is 0 Å². The molecule has 63 heavy (non-hydrogen) atoms. The normalized spacial score (nSPS) is 13.7. The van der Waals surface area contributed by atoms with Crippen LogP contribution in [0.3, 0.4) is 0 Å². The van der Waals surface area contributed by atoms with Crippen molar-refractivity contribution in [3.8, 4) is 0 Å². The van der Waals surface area contributed by atoms with Gasteiger partial charge in [-0.3, -0.25) is 48.1 Å². The molecule has 0 rings (SSSR count). The Morgan fingerprint density at radius 1 is 0.524 bits per heavy atom. The molecule has 0 aliphatic rings. The fraction of sp³-hybridized carbons (Fsp3) is 0.756. The van der Waals surface area contributed by atoms with Crippen molar-refractivity contribution in [2.45, 2.75) is 185 Å². The average molecular weight is 898 g/mol. The summed E-state index contributed by atoms with van der Waals surface area (Å²) in [4.78, 5) is 118. The van der Waals surface area contributed by atoms with Gasteiger partial charge in [-0.1, -0.05) is 84.0 Å². The number of amides is 8. The van der Waals surface area contributed by atoms with Gasteiger partial charge < -0.3 is 65.0 Å². The minimum absolute atomic E-state index is 0.00626. The maximum Gasteiger partial charge on any atom is 0.305 e. The van der Waals surface area contributed by atoms with Crippen molar-refractivity contribution in [3.05, 3.63) is 0 Å². The number of guanidine groups is 1. The largest absolute Gasteiger partial charge is 0.481 e. The van der Waals surface area contributed by atoms with Crippen molar-refractivity contribution in [1.29, 1.82) is 0 Å². The molecule has 0 fully saturated rings. The molecule has 22 nitrogen and oxygen atoms in total. The third-order valence-electron chi connectivity index (χ3n) is 10.0. The van der Waals surface area contributed by atoms with E-state index >= 15 is 0 Å². The fourth-order valence-electron chi connectivity index (χ4n) is 6.48.